The Morgan fingerprint density at radius 2 is 1.69 bits per heavy atom. The van der Waals surface area contributed by atoms with Crippen LogP contribution < -0.4 is 19.7 Å². The minimum absolute atomic E-state index is 0.152. The van der Waals surface area contributed by atoms with E-state index in [0.717, 1.165) is 25.2 Å². The fourth-order valence-electron chi connectivity index (χ4n) is 2.76. The van der Waals surface area contributed by atoms with E-state index in [1.807, 2.05) is 24.3 Å². The minimum atomic E-state index is -0.152. The molecule has 0 atom stereocenters. The highest BCUT2D eigenvalue weighted by molar-refractivity contribution is 6.04. The Balaban J connectivity index is 2.08. The van der Waals surface area contributed by atoms with Crippen LogP contribution in [0.3, 0.4) is 0 Å². The van der Waals surface area contributed by atoms with E-state index < -0.39 is 0 Å². The molecule has 140 valence electrons. The molecule has 5 heteroatoms. The van der Waals surface area contributed by atoms with Gasteiger partial charge in [0.05, 0.1) is 14.2 Å². The van der Waals surface area contributed by atoms with E-state index in [1.54, 1.807) is 32.4 Å². The van der Waals surface area contributed by atoms with E-state index >= 15 is 0 Å². The number of unbranched alkanes of at least 4 members (excludes halogenated alkanes) is 1. The number of methoxy groups -OCH3 is 2. The molecule has 2 aromatic carbocycles. The largest absolute Gasteiger partial charge is 0.493 e. The summed E-state index contributed by atoms with van der Waals surface area (Å²) in [4.78, 5) is 14.8. The van der Waals surface area contributed by atoms with Gasteiger partial charge in [-0.15, -0.1) is 0 Å². The van der Waals surface area contributed by atoms with Gasteiger partial charge in [0.25, 0.3) is 5.91 Å². The first-order valence-electron chi connectivity index (χ1n) is 9.01. The zero-order valence-electron chi connectivity index (χ0n) is 16.0. The Bertz CT molecular complexity index is 714. The van der Waals surface area contributed by atoms with Crippen LogP contribution in [0.1, 0.15) is 37.0 Å². The molecule has 26 heavy (non-hydrogen) atoms. The van der Waals surface area contributed by atoms with Crippen molar-refractivity contribution in [3.63, 3.8) is 0 Å². The van der Waals surface area contributed by atoms with Crippen molar-refractivity contribution in [3.8, 4) is 11.5 Å². The minimum Gasteiger partial charge on any atom is -0.493 e. The van der Waals surface area contributed by atoms with Gasteiger partial charge in [0.1, 0.15) is 0 Å². The second-order valence-corrected chi connectivity index (χ2v) is 6.00. The molecule has 0 spiro atoms. The number of benzene rings is 2. The maximum absolute atomic E-state index is 12.5. The average Bonchev–Trinajstić information content (AvgIpc) is 2.68. The van der Waals surface area contributed by atoms with Crippen molar-refractivity contribution in [3.05, 3.63) is 48.0 Å². The molecule has 0 aromatic heterocycles. The number of carbonyl (C=O) groups excluding carboxylic acids is 1. The first kappa shape index (κ1) is 19.6. The summed E-state index contributed by atoms with van der Waals surface area (Å²) in [7, 11) is 3.15. The number of hydrogen-bond donors (Lipinski definition) is 1. The molecule has 1 amide bonds. The van der Waals surface area contributed by atoms with Crippen molar-refractivity contribution in [1.29, 1.82) is 0 Å². The standard InChI is InChI=1S/C21H28N2O3/c1-5-7-14-23(6-2)18-11-8-16(9-12-18)21(24)22-17-10-13-19(25-3)20(15-17)26-4/h8-13,15H,5-7,14H2,1-4H3,(H,22,24). The lowest BCUT2D eigenvalue weighted by molar-refractivity contribution is 0.102. The number of nitrogens with one attached hydrogen (secondary N) is 1. The third kappa shape index (κ3) is 4.91. The second kappa shape index (κ2) is 9.70. The smallest absolute Gasteiger partial charge is 0.255 e. The van der Waals surface area contributed by atoms with Crippen LogP contribution in [0.15, 0.2) is 42.5 Å². The molecule has 2 rings (SSSR count). The van der Waals surface area contributed by atoms with Crippen molar-refractivity contribution in [1.82, 2.24) is 0 Å². The normalized spacial score (nSPS) is 10.3. The summed E-state index contributed by atoms with van der Waals surface area (Å²) >= 11 is 0. The average molecular weight is 356 g/mol. The van der Waals surface area contributed by atoms with Crippen molar-refractivity contribution in [2.75, 3.05) is 37.5 Å². The molecule has 2 aromatic rings. The molecule has 0 saturated carbocycles. The molecule has 0 saturated heterocycles. The summed E-state index contributed by atoms with van der Waals surface area (Å²) in [6, 6.07) is 13.0. The Kier molecular flexibility index (Phi) is 7.33. The Morgan fingerprint density at radius 3 is 2.27 bits per heavy atom. The lowest BCUT2D eigenvalue weighted by Crippen LogP contribution is -2.23. The molecule has 0 aliphatic carbocycles. The summed E-state index contributed by atoms with van der Waals surface area (Å²) in [6.07, 6.45) is 2.33. The zero-order valence-corrected chi connectivity index (χ0v) is 16.0. The van der Waals surface area contributed by atoms with Gasteiger partial charge in [-0.05, 0) is 49.7 Å². The van der Waals surface area contributed by atoms with E-state index in [-0.39, 0.29) is 5.91 Å². The quantitative estimate of drug-likeness (QED) is 0.714. The van der Waals surface area contributed by atoms with Crippen LogP contribution in [0.4, 0.5) is 11.4 Å². The van der Waals surface area contributed by atoms with E-state index in [9.17, 15) is 4.79 Å². The van der Waals surface area contributed by atoms with Gasteiger partial charge < -0.3 is 19.7 Å². The Hall–Kier alpha value is -2.69. The number of carbonyl (C=O) groups is 1. The molecule has 0 aliphatic rings. The summed E-state index contributed by atoms with van der Waals surface area (Å²) < 4.78 is 10.5. The molecule has 0 fully saturated rings. The van der Waals surface area contributed by atoms with E-state index in [2.05, 4.69) is 24.1 Å². The van der Waals surface area contributed by atoms with Crippen LogP contribution in [-0.2, 0) is 0 Å². The lowest BCUT2D eigenvalue weighted by atomic mass is 10.1. The molecule has 0 heterocycles. The topological polar surface area (TPSA) is 50.8 Å². The molecular formula is C21H28N2O3. The van der Waals surface area contributed by atoms with Crippen LogP contribution >= 0.6 is 0 Å². The van der Waals surface area contributed by atoms with Crippen LogP contribution in [0.5, 0.6) is 11.5 Å². The van der Waals surface area contributed by atoms with E-state index in [0.29, 0.717) is 22.7 Å². The number of hydrogen-bond acceptors (Lipinski definition) is 4. The predicted octanol–water partition coefficient (Wildman–Crippen LogP) is 4.58. The third-order valence-corrected chi connectivity index (χ3v) is 4.30. The summed E-state index contributed by atoms with van der Waals surface area (Å²) in [5, 5.41) is 2.89. The number of amides is 1. The summed E-state index contributed by atoms with van der Waals surface area (Å²) in [6.45, 7) is 6.32. The highest BCUT2D eigenvalue weighted by Crippen LogP contribution is 2.30. The van der Waals surface area contributed by atoms with Gasteiger partial charge in [-0.25, -0.2) is 0 Å². The molecule has 0 aliphatic heterocycles. The Labute approximate surface area is 155 Å². The number of anilines is 2. The van der Waals surface area contributed by atoms with Crippen LogP contribution in [0, 0.1) is 0 Å². The van der Waals surface area contributed by atoms with E-state index in [1.165, 1.54) is 6.42 Å². The highest BCUT2D eigenvalue weighted by Gasteiger charge is 2.10. The van der Waals surface area contributed by atoms with Crippen molar-refractivity contribution in [2.24, 2.45) is 0 Å². The second-order valence-electron chi connectivity index (χ2n) is 6.00. The first-order valence-corrected chi connectivity index (χ1v) is 9.01. The van der Waals surface area contributed by atoms with E-state index in [4.69, 9.17) is 9.47 Å². The Morgan fingerprint density at radius 1 is 1.00 bits per heavy atom. The van der Waals surface area contributed by atoms with Crippen molar-refractivity contribution in [2.45, 2.75) is 26.7 Å². The lowest BCUT2D eigenvalue weighted by Gasteiger charge is -2.23. The molecule has 0 bridgehead atoms. The SMILES string of the molecule is CCCCN(CC)c1ccc(C(=O)Nc2ccc(OC)c(OC)c2)cc1. The predicted molar refractivity (Wildman–Crippen MR) is 107 cm³/mol. The summed E-state index contributed by atoms with van der Waals surface area (Å²) in [5.41, 5.74) is 2.42. The number of nitrogens with zero attached hydrogens (tertiary/aromatic N) is 1. The molecular weight excluding hydrogens is 328 g/mol. The van der Waals surface area contributed by atoms with Gasteiger partial charge in [-0.2, -0.15) is 0 Å². The van der Waals surface area contributed by atoms with Gasteiger partial charge in [-0.1, -0.05) is 13.3 Å². The highest BCUT2D eigenvalue weighted by atomic mass is 16.5. The molecule has 5 nitrogen and oxygen atoms in total. The van der Waals surface area contributed by atoms with Crippen molar-refractivity contribution >= 4 is 17.3 Å². The summed E-state index contributed by atoms with van der Waals surface area (Å²) in [5.74, 6) is 1.05. The van der Waals surface area contributed by atoms with Crippen molar-refractivity contribution < 1.29 is 14.3 Å². The fraction of sp³-hybridized carbons (Fsp3) is 0.381. The maximum Gasteiger partial charge on any atom is 0.255 e. The van der Waals surface area contributed by atoms with Gasteiger partial charge in [0.2, 0.25) is 0 Å². The maximum atomic E-state index is 12.5. The van der Waals surface area contributed by atoms with Gasteiger partial charge in [0.15, 0.2) is 11.5 Å². The van der Waals surface area contributed by atoms with Gasteiger partial charge in [-0.3, -0.25) is 4.79 Å². The first-order chi connectivity index (χ1) is 12.6. The van der Waals surface area contributed by atoms with Crippen LogP contribution in [-0.4, -0.2) is 33.2 Å². The molecule has 0 unspecified atom stereocenters. The zero-order chi connectivity index (χ0) is 18.9. The molecule has 1 N–H and O–H groups in total. The monoisotopic (exact) mass is 356 g/mol. The van der Waals surface area contributed by atoms with Crippen LogP contribution in [0.2, 0.25) is 0 Å². The third-order valence-electron chi connectivity index (χ3n) is 4.30. The van der Waals surface area contributed by atoms with Crippen LogP contribution in [0.25, 0.3) is 0 Å². The fourth-order valence-corrected chi connectivity index (χ4v) is 2.76. The molecule has 0 radical (unpaired) electrons. The van der Waals surface area contributed by atoms with Gasteiger partial charge in [0, 0.05) is 36.1 Å². The van der Waals surface area contributed by atoms with Gasteiger partial charge >= 0.3 is 0 Å². The number of ether oxygens (including phenoxy) is 2. The number of rotatable bonds is 9.